The Kier molecular flexibility index (Phi) is 7.18. The lowest BCUT2D eigenvalue weighted by Gasteiger charge is -2.43. The largest absolute Gasteiger partial charge is 0.478 e. The maximum Gasteiger partial charge on any atom is 0.396 e. The van der Waals surface area contributed by atoms with Crippen molar-refractivity contribution in [3.8, 4) is 11.8 Å². The third-order valence-corrected chi connectivity index (χ3v) is 10.8. The number of fused-ring (bicyclic) bond motifs is 2. The van der Waals surface area contributed by atoms with Gasteiger partial charge in [0, 0.05) is 42.6 Å². The molecule has 1 aromatic heterocycles. The summed E-state index contributed by atoms with van der Waals surface area (Å²) in [6, 6.07) is 23.4. The number of carboxylic acid groups (broad SMARTS) is 1. The van der Waals surface area contributed by atoms with Gasteiger partial charge in [0.05, 0.1) is 5.56 Å². The molecule has 1 fully saturated rings. The van der Waals surface area contributed by atoms with E-state index in [4.69, 9.17) is 10.2 Å². The van der Waals surface area contributed by atoms with Crippen LogP contribution in [0.15, 0.2) is 94.2 Å². The summed E-state index contributed by atoms with van der Waals surface area (Å²) in [7, 11) is -4.42. The highest BCUT2D eigenvalue weighted by molar-refractivity contribution is 7.86. The number of nitrogens with zero attached hydrogens (tertiary/aromatic N) is 1. The number of quaternary nitrogens is 1. The number of aromatic carboxylic acids is 1. The maximum atomic E-state index is 14.4. The Balaban J connectivity index is 1.40. The molecule has 3 aromatic carbocycles. The normalized spacial score (nSPS) is 21.0. The molecular weight excluding hydrogens is 566 g/mol. The van der Waals surface area contributed by atoms with E-state index >= 15 is 0 Å². The molecule has 4 N–H and O–H groups in total. The second kappa shape index (κ2) is 10.9. The van der Waals surface area contributed by atoms with Gasteiger partial charge in [-0.05, 0) is 65.6 Å². The zero-order valence-electron chi connectivity index (χ0n) is 23.2. The van der Waals surface area contributed by atoms with Crippen LogP contribution in [-0.2, 0) is 22.0 Å². The summed E-state index contributed by atoms with van der Waals surface area (Å²) in [6.07, 6.45) is 0.790. The molecule has 218 valence electrons. The van der Waals surface area contributed by atoms with Crippen LogP contribution in [0.5, 0.6) is 0 Å². The summed E-state index contributed by atoms with van der Waals surface area (Å²) in [5, 5.41) is 13.0. The Bertz CT molecular complexity index is 1900. The third kappa shape index (κ3) is 4.91. The minimum Gasteiger partial charge on any atom is -0.478 e. The number of rotatable bonds is 5. The highest BCUT2D eigenvalue weighted by Gasteiger charge is 2.58. The van der Waals surface area contributed by atoms with E-state index in [-0.39, 0.29) is 40.5 Å². The van der Waals surface area contributed by atoms with Crippen molar-refractivity contribution >= 4 is 27.6 Å². The first-order valence-electron chi connectivity index (χ1n) is 13.9. The first-order valence-corrected chi connectivity index (χ1v) is 15.4. The molecule has 1 amide bonds. The second-order valence-electron chi connectivity index (χ2n) is 10.9. The number of piperidine rings is 1. The molecule has 0 aliphatic carbocycles. The van der Waals surface area contributed by atoms with Gasteiger partial charge in [-0.15, -0.1) is 3.89 Å². The van der Waals surface area contributed by atoms with Gasteiger partial charge in [0.25, 0.3) is 0 Å². The smallest absolute Gasteiger partial charge is 0.396 e. The van der Waals surface area contributed by atoms with Gasteiger partial charge in [-0.25, -0.2) is 9.59 Å². The Hall–Kier alpha value is -4.69. The van der Waals surface area contributed by atoms with Gasteiger partial charge in [-0.3, -0.25) is 0 Å². The number of hydrogen-bond acceptors (Lipinski definition) is 7. The molecule has 2 aliphatic rings. The molecule has 43 heavy (non-hydrogen) atoms. The van der Waals surface area contributed by atoms with Crippen LogP contribution in [0.25, 0.3) is 0 Å². The lowest BCUT2D eigenvalue weighted by Crippen LogP contribution is -2.62. The molecule has 0 atom stereocenters. The van der Waals surface area contributed by atoms with E-state index in [1.807, 2.05) is 42.5 Å². The van der Waals surface area contributed by atoms with Crippen molar-refractivity contribution in [2.75, 3.05) is 25.0 Å². The number of amides is 1. The fourth-order valence-corrected chi connectivity index (χ4v) is 7.96. The van der Waals surface area contributed by atoms with Crippen LogP contribution in [0.4, 0.5) is 5.69 Å². The van der Waals surface area contributed by atoms with Crippen molar-refractivity contribution in [2.24, 2.45) is 5.73 Å². The number of nitrogens with two attached hydrogens (primary N) is 1. The van der Waals surface area contributed by atoms with Crippen LogP contribution in [-0.4, -0.2) is 48.9 Å². The lowest BCUT2D eigenvalue weighted by atomic mass is 9.74. The molecule has 6 rings (SSSR count). The first-order chi connectivity index (χ1) is 20.7. The highest BCUT2D eigenvalue weighted by atomic mass is 32.2. The Morgan fingerprint density at radius 3 is 2.44 bits per heavy atom. The van der Waals surface area contributed by atoms with Gasteiger partial charge in [0.2, 0.25) is 5.76 Å². The highest BCUT2D eigenvalue weighted by Crippen LogP contribution is 2.47. The zero-order chi connectivity index (χ0) is 30.2. The van der Waals surface area contributed by atoms with E-state index in [1.54, 1.807) is 6.07 Å². The van der Waals surface area contributed by atoms with Gasteiger partial charge in [-0.2, -0.15) is 8.42 Å². The van der Waals surface area contributed by atoms with Crippen molar-refractivity contribution in [3.63, 3.8) is 0 Å². The molecule has 9 nitrogen and oxygen atoms in total. The standard InChI is InChI=1S/C33H29N3O6S/c34-21-24-10-13-29-28(19-24)33(22-35-29)15-17-36(18-16-33,43(40,41)27-8-4-7-25(20-27)32(38)39)31(37)30-14-12-26(42-30)11-9-23-5-2-1-3-6-23/h1-8,10,12-14,19-20,35H,15-18,21-22,34H2/p+1. The van der Waals surface area contributed by atoms with E-state index in [9.17, 15) is 23.1 Å². The van der Waals surface area contributed by atoms with Crippen molar-refractivity contribution in [3.05, 3.63) is 119 Å². The van der Waals surface area contributed by atoms with E-state index in [0.29, 0.717) is 25.9 Å². The minimum atomic E-state index is -4.42. The number of carboxylic acids is 1. The van der Waals surface area contributed by atoms with Crippen LogP contribution >= 0.6 is 0 Å². The molecule has 4 aromatic rings. The molecule has 3 heterocycles. The van der Waals surface area contributed by atoms with Gasteiger partial charge in [0.15, 0.2) is 5.76 Å². The van der Waals surface area contributed by atoms with Gasteiger partial charge >= 0.3 is 21.9 Å². The molecule has 1 saturated heterocycles. The number of furan rings is 1. The summed E-state index contributed by atoms with van der Waals surface area (Å²) >= 11 is 0. The Labute approximate surface area is 249 Å². The Morgan fingerprint density at radius 2 is 1.72 bits per heavy atom. The fraction of sp³-hybridized carbons (Fsp3) is 0.212. The summed E-state index contributed by atoms with van der Waals surface area (Å²) in [6.45, 7) is 0.930. The molecular formula is C33H30N3O6S+. The predicted octanol–water partition coefficient (Wildman–Crippen LogP) is 4.34. The first kappa shape index (κ1) is 28.4. The number of carbonyl (C=O) groups is 2. The van der Waals surface area contributed by atoms with Crippen LogP contribution in [0.1, 0.15) is 56.2 Å². The zero-order valence-corrected chi connectivity index (χ0v) is 24.1. The van der Waals surface area contributed by atoms with E-state index < -0.39 is 25.8 Å². The third-order valence-electron chi connectivity index (χ3n) is 8.54. The quantitative estimate of drug-likeness (QED) is 0.228. The number of anilines is 1. The van der Waals surface area contributed by atoms with Crippen LogP contribution in [0.2, 0.25) is 0 Å². The lowest BCUT2D eigenvalue weighted by molar-refractivity contribution is -0.730. The van der Waals surface area contributed by atoms with Gasteiger partial charge < -0.3 is 20.6 Å². The van der Waals surface area contributed by atoms with Crippen molar-refractivity contribution in [2.45, 2.75) is 29.7 Å². The SMILES string of the molecule is NCc1ccc2c(c1)C1(CC[N+](C(=O)c3ccc(C#Cc4ccccc4)o3)(S(=O)(=O)c3cccc(C(=O)O)c3)CC1)CN2. The average Bonchev–Trinajstić information content (AvgIpc) is 3.65. The molecule has 1 spiro atoms. The van der Waals surface area contributed by atoms with E-state index in [2.05, 4.69) is 23.2 Å². The average molecular weight is 597 g/mol. The summed E-state index contributed by atoms with van der Waals surface area (Å²) in [5.41, 5.74) is 9.14. The van der Waals surface area contributed by atoms with Crippen LogP contribution in [0, 0.1) is 11.8 Å². The minimum absolute atomic E-state index is 0.0296. The summed E-state index contributed by atoms with van der Waals surface area (Å²) < 4.78 is 33.7. The van der Waals surface area contributed by atoms with Crippen LogP contribution < -0.4 is 11.1 Å². The summed E-state index contributed by atoms with van der Waals surface area (Å²) in [5.74, 6) is 4.00. The molecule has 0 saturated carbocycles. The molecule has 10 heteroatoms. The molecule has 0 bridgehead atoms. The van der Waals surface area contributed by atoms with E-state index in [0.717, 1.165) is 28.4 Å². The predicted molar refractivity (Wildman–Crippen MR) is 160 cm³/mol. The molecule has 2 aliphatic heterocycles. The number of likely N-dealkylation sites (tertiary alicyclic amines) is 1. The molecule has 0 unspecified atom stereocenters. The number of nitrogens with one attached hydrogen (secondary N) is 1. The van der Waals surface area contributed by atoms with E-state index in [1.165, 1.54) is 24.3 Å². The molecule has 0 radical (unpaired) electrons. The fourth-order valence-electron chi connectivity index (χ4n) is 6.06. The topological polar surface area (TPSA) is 140 Å². The van der Waals surface area contributed by atoms with Gasteiger partial charge in [0.1, 0.15) is 18.0 Å². The monoisotopic (exact) mass is 596 g/mol. The number of benzene rings is 3. The van der Waals surface area contributed by atoms with Gasteiger partial charge in [-0.1, -0.05) is 42.3 Å². The van der Waals surface area contributed by atoms with Crippen molar-refractivity contribution in [1.82, 2.24) is 0 Å². The summed E-state index contributed by atoms with van der Waals surface area (Å²) in [4.78, 5) is 25.8. The maximum absolute atomic E-state index is 14.4. The Morgan fingerprint density at radius 1 is 0.953 bits per heavy atom. The van der Waals surface area contributed by atoms with Crippen LogP contribution in [0.3, 0.4) is 0 Å². The number of carbonyl (C=O) groups excluding carboxylic acids is 1. The number of hydrogen-bond donors (Lipinski definition) is 3. The second-order valence-corrected chi connectivity index (χ2v) is 13.1. The van der Waals surface area contributed by atoms with Crippen molar-refractivity contribution in [1.29, 1.82) is 0 Å². The van der Waals surface area contributed by atoms with Crippen molar-refractivity contribution < 1.29 is 31.4 Å². The number of sulfonamides is 1.